The maximum Gasteiger partial charge on any atom is 0.261 e. The summed E-state index contributed by atoms with van der Waals surface area (Å²) < 4.78 is 0. The minimum absolute atomic E-state index is 0.0874. The summed E-state index contributed by atoms with van der Waals surface area (Å²) in [5.41, 5.74) is 5.48. The fraction of sp³-hybridized carbons (Fsp3) is 0.160. The maximum absolute atomic E-state index is 12.5. The molecule has 0 atom stereocenters. The van der Waals surface area contributed by atoms with Crippen molar-refractivity contribution in [3.63, 3.8) is 0 Å². The number of nitrogens with one attached hydrogen (secondary N) is 2. The Morgan fingerprint density at radius 3 is 2.19 bits per heavy atom. The molecule has 0 aliphatic carbocycles. The summed E-state index contributed by atoms with van der Waals surface area (Å²) in [4.78, 5) is 38.7. The first kappa shape index (κ1) is 19.1. The van der Waals surface area contributed by atoms with E-state index in [1.807, 2.05) is 42.5 Å². The Kier molecular flexibility index (Phi) is 4.75. The van der Waals surface area contributed by atoms with Crippen LogP contribution in [0.25, 0.3) is 11.1 Å². The van der Waals surface area contributed by atoms with E-state index in [4.69, 9.17) is 0 Å². The van der Waals surface area contributed by atoms with Gasteiger partial charge in [-0.15, -0.1) is 0 Å². The van der Waals surface area contributed by atoms with Gasteiger partial charge in [-0.1, -0.05) is 48.5 Å². The van der Waals surface area contributed by atoms with Crippen molar-refractivity contribution in [3.05, 3.63) is 89.0 Å². The molecule has 0 saturated heterocycles. The van der Waals surface area contributed by atoms with Crippen LogP contribution in [0, 0.1) is 0 Å². The van der Waals surface area contributed by atoms with Crippen LogP contribution in [0.4, 0.5) is 5.69 Å². The van der Waals surface area contributed by atoms with Gasteiger partial charge in [-0.05, 0) is 41.3 Å². The molecule has 0 aromatic heterocycles. The van der Waals surface area contributed by atoms with Crippen molar-refractivity contribution in [2.45, 2.75) is 13.0 Å². The van der Waals surface area contributed by atoms with E-state index >= 15 is 0 Å². The molecular weight excluding hydrogens is 390 g/mol. The van der Waals surface area contributed by atoms with Crippen LogP contribution in [0.3, 0.4) is 0 Å². The van der Waals surface area contributed by atoms with Crippen LogP contribution >= 0.6 is 0 Å². The highest BCUT2D eigenvalue weighted by molar-refractivity contribution is 6.21. The SMILES string of the molecule is O=C1NCc2c(-c3ccccc3)ccc(NCCCN3C(=O)c4ccccc4C3=O)c21. The lowest BCUT2D eigenvalue weighted by molar-refractivity contribution is 0.0653. The Hall–Kier alpha value is -3.93. The molecule has 6 heteroatoms. The van der Waals surface area contributed by atoms with Crippen LogP contribution < -0.4 is 10.6 Å². The van der Waals surface area contributed by atoms with E-state index in [0.29, 0.717) is 42.7 Å². The number of hydrogen-bond acceptors (Lipinski definition) is 4. The molecule has 0 spiro atoms. The fourth-order valence-corrected chi connectivity index (χ4v) is 4.29. The summed E-state index contributed by atoms with van der Waals surface area (Å²) in [6.45, 7) is 1.37. The van der Waals surface area contributed by atoms with Crippen LogP contribution in [0.1, 0.15) is 43.1 Å². The molecule has 0 radical (unpaired) electrons. The summed E-state index contributed by atoms with van der Waals surface area (Å²) in [5, 5.41) is 6.23. The molecule has 0 fully saturated rings. The highest BCUT2D eigenvalue weighted by atomic mass is 16.2. The minimum Gasteiger partial charge on any atom is -0.384 e. The third kappa shape index (κ3) is 3.26. The molecular formula is C25H21N3O3. The maximum atomic E-state index is 12.5. The van der Waals surface area contributed by atoms with E-state index in [1.54, 1.807) is 24.3 Å². The lowest BCUT2D eigenvalue weighted by Gasteiger charge is -2.16. The molecule has 3 aromatic rings. The number of hydrogen-bond donors (Lipinski definition) is 2. The number of rotatable bonds is 6. The number of fused-ring (bicyclic) bond motifs is 2. The Labute approximate surface area is 179 Å². The van der Waals surface area contributed by atoms with Crippen molar-refractivity contribution in [2.24, 2.45) is 0 Å². The minimum atomic E-state index is -0.243. The number of anilines is 1. The molecule has 3 aromatic carbocycles. The van der Waals surface area contributed by atoms with Gasteiger partial charge in [-0.25, -0.2) is 0 Å². The topological polar surface area (TPSA) is 78.5 Å². The Bertz CT molecular complexity index is 1170. The highest BCUT2D eigenvalue weighted by Crippen LogP contribution is 2.34. The summed E-state index contributed by atoms with van der Waals surface area (Å²) in [7, 11) is 0. The van der Waals surface area contributed by atoms with E-state index in [9.17, 15) is 14.4 Å². The third-order valence-electron chi connectivity index (χ3n) is 5.80. The quantitative estimate of drug-likeness (QED) is 0.479. The second-order valence-electron chi connectivity index (χ2n) is 7.65. The van der Waals surface area contributed by atoms with Gasteiger partial charge in [0.15, 0.2) is 0 Å². The van der Waals surface area contributed by atoms with E-state index in [0.717, 1.165) is 22.4 Å². The zero-order valence-corrected chi connectivity index (χ0v) is 16.9. The highest BCUT2D eigenvalue weighted by Gasteiger charge is 2.34. The molecule has 31 heavy (non-hydrogen) atoms. The lowest BCUT2D eigenvalue weighted by Crippen LogP contribution is -2.31. The fourth-order valence-electron chi connectivity index (χ4n) is 4.29. The zero-order chi connectivity index (χ0) is 21.4. The molecule has 154 valence electrons. The molecule has 2 aliphatic heterocycles. The van der Waals surface area contributed by atoms with Crippen molar-refractivity contribution in [1.82, 2.24) is 10.2 Å². The van der Waals surface area contributed by atoms with Crippen molar-refractivity contribution in [2.75, 3.05) is 18.4 Å². The average Bonchev–Trinajstić information content (AvgIpc) is 3.31. The van der Waals surface area contributed by atoms with Gasteiger partial charge in [0.2, 0.25) is 0 Å². The molecule has 0 bridgehead atoms. The largest absolute Gasteiger partial charge is 0.384 e. The lowest BCUT2D eigenvalue weighted by atomic mass is 9.95. The van der Waals surface area contributed by atoms with Gasteiger partial charge >= 0.3 is 0 Å². The van der Waals surface area contributed by atoms with Crippen LogP contribution in [0.15, 0.2) is 66.7 Å². The standard InChI is InChI=1S/C25H21N3O3/c29-23-22-20(15-27-23)17(16-7-2-1-3-8-16)11-12-21(22)26-13-6-14-28-24(30)18-9-4-5-10-19(18)25(28)31/h1-5,7-12,26H,6,13-15H2,(H,27,29). The van der Waals surface area contributed by atoms with Crippen molar-refractivity contribution in [3.8, 4) is 11.1 Å². The molecule has 2 heterocycles. The van der Waals surface area contributed by atoms with Crippen LogP contribution in [-0.4, -0.2) is 35.7 Å². The van der Waals surface area contributed by atoms with Gasteiger partial charge in [-0.3, -0.25) is 19.3 Å². The molecule has 2 N–H and O–H groups in total. The monoisotopic (exact) mass is 411 g/mol. The first-order valence-corrected chi connectivity index (χ1v) is 10.3. The zero-order valence-electron chi connectivity index (χ0n) is 16.9. The summed E-state index contributed by atoms with van der Waals surface area (Å²) in [6.07, 6.45) is 0.586. The smallest absolute Gasteiger partial charge is 0.261 e. The number of carbonyl (C=O) groups excluding carboxylic acids is 3. The molecule has 0 unspecified atom stereocenters. The predicted molar refractivity (Wildman–Crippen MR) is 118 cm³/mol. The van der Waals surface area contributed by atoms with E-state index in [-0.39, 0.29) is 17.7 Å². The van der Waals surface area contributed by atoms with E-state index in [2.05, 4.69) is 10.6 Å². The van der Waals surface area contributed by atoms with Crippen LogP contribution in [0.5, 0.6) is 0 Å². The molecule has 5 rings (SSSR count). The summed E-state index contributed by atoms with van der Waals surface area (Å²) in [6, 6.07) is 20.9. The van der Waals surface area contributed by atoms with Crippen molar-refractivity contribution < 1.29 is 14.4 Å². The van der Waals surface area contributed by atoms with Crippen LogP contribution in [-0.2, 0) is 6.54 Å². The molecule has 0 saturated carbocycles. The second kappa shape index (κ2) is 7.72. The number of benzene rings is 3. The number of amides is 3. The number of nitrogens with zero attached hydrogens (tertiary/aromatic N) is 1. The Morgan fingerprint density at radius 1 is 0.806 bits per heavy atom. The van der Waals surface area contributed by atoms with E-state index in [1.165, 1.54) is 4.90 Å². The van der Waals surface area contributed by atoms with Gasteiger partial charge in [0, 0.05) is 25.3 Å². The molecule has 3 amide bonds. The van der Waals surface area contributed by atoms with Gasteiger partial charge in [0.05, 0.1) is 16.7 Å². The van der Waals surface area contributed by atoms with Crippen LogP contribution in [0.2, 0.25) is 0 Å². The van der Waals surface area contributed by atoms with E-state index < -0.39 is 0 Å². The third-order valence-corrected chi connectivity index (χ3v) is 5.80. The first-order valence-electron chi connectivity index (χ1n) is 10.3. The van der Waals surface area contributed by atoms with Gasteiger partial charge in [-0.2, -0.15) is 0 Å². The second-order valence-corrected chi connectivity index (χ2v) is 7.65. The Balaban J connectivity index is 1.28. The van der Waals surface area contributed by atoms with Gasteiger partial charge in [0.25, 0.3) is 17.7 Å². The average molecular weight is 411 g/mol. The van der Waals surface area contributed by atoms with Crippen molar-refractivity contribution in [1.29, 1.82) is 0 Å². The Morgan fingerprint density at radius 2 is 1.48 bits per heavy atom. The molecule has 2 aliphatic rings. The summed E-state index contributed by atoms with van der Waals surface area (Å²) >= 11 is 0. The first-order chi connectivity index (χ1) is 15.1. The van der Waals surface area contributed by atoms with Crippen molar-refractivity contribution >= 4 is 23.4 Å². The van der Waals surface area contributed by atoms with Gasteiger partial charge in [0.1, 0.15) is 0 Å². The number of carbonyl (C=O) groups is 3. The normalized spacial score (nSPS) is 14.5. The molecule has 6 nitrogen and oxygen atoms in total. The van der Waals surface area contributed by atoms with Gasteiger partial charge < -0.3 is 10.6 Å². The summed E-state index contributed by atoms with van der Waals surface area (Å²) in [5.74, 6) is -0.572. The predicted octanol–water partition coefficient (Wildman–Crippen LogP) is 3.70. The number of imide groups is 1.